The fraction of sp³-hybridized carbons (Fsp3) is 0. The molecule has 92 valence electrons. The normalized spacial score (nSPS) is 9.78. The van der Waals surface area contributed by atoms with Gasteiger partial charge >= 0.3 is 0 Å². The van der Waals surface area contributed by atoms with Crippen LogP contribution >= 0.6 is 23.6 Å². The molecule has 1 aromatic carbocycles. The molecule has 0 radical (unpaired) electrons. The van der Waals surface area contributed by atoms with E-state index in [1.54, 1.807) is 11.3 Å². The van der Waals surface area contributed by atoms with Crippen molar-refractivity contribution in [2.75, 3.05) is 11.5 Å². The molecule has 0 atom stereocenters. The van der Waals surface area contributed by atoms with Gasteiger partial charge in [-0.2, -0.15) is 4.98 Å². The van der Waals surface area contributed by atoms with Gasteiger partial charge in [0.25, 0.3) is 0 Å². The van der Waals surface area contributed by atoms with Crippen LogP contribution in [0.15, 0.2) is 30.6 Å². The molecule has 0 unspecified atom stereocenters. The van der Waals surface area contributed by atoms with Crippen molar-refractivity contribution in [1.29, 1.82) is 0 Å². The zero-order chi connectivity index (χ0) is 13.0. The maximum Gasteiger partial charge on any atom is 0.224 e. The summed E-state index contributed by atoms with van der Waals surface area (Å²) in [5, 5.41) is 0. The van der Waals surface area contributed by atoms with Crippen LogP contribution in [0, 0.1) is 3.95 Å². The number of rotatable bonds is 0. The van der Waals surface area contributed by atoms with Crippen LogP contribution < -0.4 is 11.5 Å². The number of nitrogen functional groups attached to an aromatic ring is 2. The Morgan fingerprint density at radius 2 is 1.78 bits per heavy atom. The van der Waals surface area contributed by atoms with E-state index >= 15 is 0 Å². The summed E-state index contributed by atoms with van der Waals surface area (Å²) >= 11 is 6.59. The number of nitrogens with zero attached hydrogens (tertiary/aromatic N) is 3. The molecule has 6 nitrogen and oxygen atoms in total. The van der Waals surface area contributed by atoms with Crippen LogP contribution in [0.4, 0.5) is 11.9 Å². The Hall–Kier alpha value is -2.06. The molecule has 5 N–H and O–H groups in total. The summed E-state index contributed by atoms with van der Waals surface area (Å²) in [4.78, 5) is 13.6. The number of para-hydroxylation sites is 1. The van der Waals surface area contributed by atoms with Crippen LogP contribution in [0.25, 0.3) is 10.2 Å². The first-order valence-electron chi connectivity index (χ1n) is 4.93. The monoisotopic (exact) mass is 278 g/mol. The first-order chi connectivity index (χ1) is 8.65. The molecule has 8 heteroatoms. The van der Waals surface area contributed by atoms with Crippen molar-refractivity contribution in [3.05, 3.63) is 34.5 Å². The van der Waals surface area contributed by atoms with Crippen LogP contribution in [0.5, 0.6) is 0 Å². The molecular formula is C10H10N6S2. The second-order valence-electron chi connectivity index (χ2n) is 3.21. The van der Waals surface area contributed by atoms with Crippen LogP contribution in [-0.2, 0) is 0 Å². The van der Waals surface area contributed by atoms with Gasteiger partial charge in [0.05, 0.1) is 10.2 Å². The lowest BCUT2D eigenvalue weighted by Gasteiger charge is -1.88. The van der Waals surface area contributed by atoms with Gasteiger partial charge in [-0.15, -0.1) is 11.3 Å². The number of aromatic nitrogens is 4. The minimum Gasteiger partial charge on any atom is -0.368 e. The molecule has 2 aromatic heterocycles. The predicted octanol–water partition coefficient (Wildman–Crippen LogP) is 1.99. The number of nitrogens with one attached hydrogen (secondary N) is 1. The number of H-pyrrole nitrogens is 1. The van der Waals surface area contributed by atoms with E-state index in [0.717, 1.165) is 9.47 Å². The number of hydrogen-bond donors (Lipinski definition) is 3. The SMILES string of the molecule is Nc1ncnc(N)n1.S=c1[nH]c2ccccc2s1. The lowest BCUT2D eigenvalue weighted by Crippen LogP contribution is -2.00. The van der Waals surface area contributed by atoms with Crippen LogP contribution in [0.1, 0.15) is 0 Å². The van der Waals surface area contributed by atoms with Crippen molar-refractivity contribution in [3.63, 3.8) is 0 Å². The Labute approximate surface area is 112 Å². The maximum absolute atomic E-state index is 5.12. The summed E-state index contributed by atoms with van der Waals surface area (Å²) in [6, 6.07) is 8.11. The molecule has 18 heavy (non-hydrogen) atoms. The molecule has 3 rings (SSSR count). The van der Waals surface area contributed by atoms with Gasteiger partial charge in [-0.1, -0.05) is 12.1 Å². The summed E-state index contributed by atoms with van der Waals surface area (Å²) in [6.07, 6.45) is 1.26. The van der Waals surface area contributed by atoms with E-state index in [-0.39, 0.29) is 11.9 Å². The maximum atomic E-state index is 5.12. The fourth-order valence-corrected chi connectivity index (χ4v) is 2.33. The Morgan fingerprint density at radius 3 is 2.33 bits per heavy atom. The van der Waals surface area contributed by atoms with Gasteiger partial charge in [-0.3, -0.25) is 0 Å². The highest BCUT2D eigenvalue weighted by atomic mass is 32.1. The topological polar surface area (TPSA) is 106 Å². The third-order valence-corrected chi connectivity index (χ3v) is 3.15. The van der Waals surface area contributed by atoms with Crippen molar-refractivity contribution >= 4 is 45.7 Å². The van der Waals surface area contributed by atoms with E-state index in [1.807, 2.05) is 18.2 Å². The summed E-state index contributed by atoms with van der Waals surface area (Å²) in [5.74, 6) is 0.301. The molecule has 0 saturated carbocycles. The standard InChI is InChI=1S/C7H5NS2.C3H5N5/c9-7-8-5-3-1-2-4-6(5)10-7;4-2-6-1-7-3(5)8-2/h1-4H,(H,8,9);1H,(H4,4,5,6,7,8). The number of benzene rings is 1. The lowest BCUT2D eigenvalue weighted by atomic mass is 10.3. The number of hydrogen-bond acceptors (Lipinski definition) is 7. The Bertz CT molecular complexity index is 651. The molecule has 0 aliphatic carbocycles. The lowest BCUT2D eigenvalue weighted by molar-refractivity contribution is 1.08. The largest absolute Gasteiger partial charge is 0.368 e. The average molecular weight is 278 g/mol. The van der Waals surface area contributed by atoms with E-state index in [2.05, 4.69) is 26.0 Å². The van der Waals surface area contributed by atoms with E-state index < -0.39 is 0 Å². The zero-order valence-electron chi connectivity index (χ0n) is 9.20. The molecule has 0 fully saturated rings. The highest BCUT2D eigenvalue weighted by Gasteiger charge is 1.91. The third-order valence-electron chi connectivity index (χ3n) is 1.94. The van der Waals surface area contributed by atoms with Crippen LogP contribution in [0.2, 0.25) is 0 Å². The van der Waals surface area contributed by atoms with E-state index in [9.17, 15) is 0 Å². The molecule has 2 heterocycles. The van der Waals surface area contributed by atoms with Crippen molar-refractivity contribution in [2.45, 2.75) is 0 Å². The van der Waals surface area contributed by atoms with Gasteiger partial charge in [0.1, 0.15) is 6.33 Å². The highest BCUT2D eigenvalue weighted by Crippen LogP contribution is 2.17. The van der Waals surface area contributed by atoms with Crippen molar-refractivity contribution in [1.82, 2.24) is 19.9 Å². The number of nitrogens with two attached hydrogens (primary N) is 2. The Balaban J connectivity index is 0.000000138. The summed E-state index contributed by atoms with van der Waals surface area (Å²) in [6.45, 7) is 0. The number of anilines is 2. The Kier molecular flexibility index (Phi) is 3.80. The molecule has 0 aliphatic rings. The molecule has 0 amide bonds. The van der Waals surface area contributed by atoms with Crippen LogP contribution in [-0.4, -0.2) is 19.9 Å². The van der Waals surface area contributed by atoms with Gasteiger partial charge in [-0.25, -0.2) is 9.97 Å². The Morgan fingerprint density at radius 1 is 1.11 bits per heavy atom. The van der Waals surface area contributed by atoms with E-state index in [1.165, 1.54) is 11.0 Å². The zero-order valence-corrected chi connectivity index (χ0v) is 10.8. The minimum absolute atomic E-state index is 0.150. The van der Waals surface area contributed by atoms with Crippen LogP contribution in [0.3, 0.4) is 0 Å². The number of aromatic amines is 1. The molecular weight excluding hydrogens is 268 g/mol. The van der Waals surface area contributed by atoms with Gasteiger partial charge in [0.2, 0.25) is 11.9 Å². The molecule has 3 aromatic rings. The smallest absolute Gasteiger partial charge is 0.224 e. The fourth-order valence-electron chi connectivity index (χ4n) is 1.22. The molecule has 0 saturated heterocycles. The quantitative estimate of drug-likeness (QED) is 0.543. The van der Waals surface area contributed by atoms with Crippen molar-refractivity contribution < 1.29 is 0 Å². The highest BCUT2D eigenvalue weighted by molar-refractivity contribution is 7.73. The second kappa shape index (κ2) is 5.52. The van der Waals surface area contributed by atoms with Crippen molar-refractivity contribution in [3.8, 4) is 0 Å². The summed E-state index contributed by atoms with van der Waals surface area (Å²) < 4.78 is 2.08. The summed E-state index contributed by atoms with van der Waals surface area (Å²) in [7, 11) is 0. The average Bonchev–Trinajstić information content (AvgIpc) is 2.69. The van der Waals surface area contributed by atoms with E-state index in [0.29, 0.717) is 0 Å². The molecule has 0 bridgehead atoms. The summed E-state index contributed by atoms with van der Waals surface area (Å²) in [5.41, 5.74) is 11.4. The molecule has 0 spiro atoms. The molecule has 0 aliphatic heterocycles. The van der Waals surface area contributed by atoms with Gasteiger partial charge in [0.15, 0.2) is 3.95 Å². The van der Waals surface area contributed by atoms with Gasteiger partial charge < -0.3 is 16.5 Å². The van der Waals surface area contributed by atoms with Gasteiger partial charge in [0, 0.05) is 0 Å². The minimum atomic E-state index is 0.150. The third kappa shape index (κ3) is 3.22. The van der Waals surface area contributed by atoms with Gasteiger partial charge in [-0.05, 0) is 24.4 Å². The number of fused-ring (bicyclic) bond motifs is 1. The first-order valence-corrected chi connectivity index (χ1v) is 6.15. The first kappa shape index (κ1) is 12.4. The predicted molar refractivity (Wildman–Crippen MR) is 75.7 cm³/mol. The van der Waals surface area contributed by atoms with E-state index in [4.69, 9.17) is 23.7 Å². The second-order valence-corrected chi connectivity index (χ2v) is 4.93. The number of thiazole rings is 1. The van der Waals surface area contributed by atoms with Crippen molar-refractivity contribution in [2.24, 2.45) is 0 Å².